The van der Waals surface area contributed by atoms with E-state index >= 15 is 0 Å². The molecule has 3 aromatic heterocycles. The predicted octanol–water partition coefficient (Wildman–Crippen LogP) is 5.99. The molecule has 0 aliphatic heterocycles. The van der Waals surface area contributed by atoms with Crippen molar-refractivity contribution in [3.63, 3.8) is 0 Å². The molecule has 5 rings (SSSR count). The Bertz CT molecular complexity index is 1170. The molecule has 0 saturated heterocycles. The second kappa shape index (κ2) is 8.52. The van der Waals surface area contributed by atoms with Gasteiger partial charge in [-0.3, -0.25) is 4.98 Å². The van der Waals surface area contributed by atoms with Gasteiger partial charge in [-0.15, -0.1) is 11.3 Å². The highest BCUT2D eigenvalue weighted by molar-refractivity contribution is 7.19. The molecule has 1 aromatic carbocycles. The molecule has 1 aliphatic rings. The lowest BCUT2D eigenvalue weighted by Gasteiger charge is -2.13. The normalized spacial score (nSPS) is 13.4. The number of fused-ring (bicyclic) bond motifs is 3. The number of aryl methyl sites for hydroxylation is 4. The SMILES string of the molecule is Cc1cccc(CCCNc2nc(-c3ccncc3)nc3sc4c(c23)CCCC4)c1. The van der Waals surface area contributed by atoms with Crippen LogP contribution in [0, 0.1) is 6.92 Å². The van der Waals surface area contributed by atoms with E-state index in [0.717, 1.165) is 47.8 Å². The molecule has 1 aliphatic carbocycles. The Morgan fingerprint density at radius 3 is 2.77 bits per heavy atom. The summed E-state index contributed by atoms with van der Waals surface area (Å²) in [7, 11) is 0. The first-order valence-corrected chi connectivity index (χ1v) is 11.6. The van der Waals surface area contributed by atoms with Crippen LogP contribution in [0.25, 0.3) is 21.6 Å². The quantitative estimate of drug-likeness (QED) is 0.394. The molecule has 0 unspecified atom stereocenters. The van der Waals surface area contributed by atoms with Crippen molar-refractivity contribution >= 4 is 27.4 Å². The monoisotopic (exact) mass is 414 g/mol. The van der Waals surface area contributed by atoms with Crippen molar-refractivity contribution in [3.05, 3.63) is 70.4 Å². The van der Waals surface area contributed by atoms with E-state index in [1.807, 2.05) is 23.5 Å². The molecule has 1 N–H and O–H groups in total. The van der Waals surface area contributed by atoms with Crippen LogP contribution in [0.4, 0.5) is 5.82 Å². The van der Waals surface area contributed by atoms with Crippen molar-refractivity contribution in [3.8, 4) is 11.4 Å². The van der Waals surface area contributed by atoms with E-state index < -0.39 is 0 Å². The number of aromatic nitrogens is 3. The second-order valence-corrected chi connectivity index (χ2v) is 9.13. The highest BCUT2D eigenvalue weighted by Crippen LogP contribution is 2.39. The fourth-order valence-corrected chi connectivity index (χ4v) is 5.54. The number of thiophene rings is 1. The third-order valence-electron chi connectivity index (χ3n) is 5.77. The lowest BCUT2D eigenvalue weighted by Crippen LogP contribution is -2.08. The number of pyridine rings is 1. The van der Waals surface area contributed by atoms with Gasteiger partial charge in [0.2, 0.25) is 0 Å². The molecule has 0 saturated carbocycles. The summed E-state index contributed by atoms with van der Waals surface area (Å²) in [4.78, 5) is 16.7. The number of rotatable bonds is 6. The van der Waals surface area contributed by atoms with E-state index in [1.165, 1.54) is 46.2 Å². The van der Waals surface area contributed by atoms with Crippen LogP contribution in [0.1, 0.15) is 40.8 Å². The summed E-state index contributed by atoms with van der Waals surface area (Å²) in [5, 5.41) is 4.91. The van der Waals surface area contributed by atoms with Gasteiger partial charge in [-0.2, -0.15) is 0 Å². The third-order valence-corrected chi connectivity index (χ3v) is 6.96. The van der Waals surface area contributed by atoms with Gasteiger partial charge in [0.1, 0.15) is 10.6 Å². The van der Waals surface area contributed by atoms with Crippen LogP contribution in [-0.4, -0.2) is 21.5 Å². The van der Waals surface area contributed by atoms with Gasteiger partial charge in [0.05, 0.1) is 5.39 Å². The topological polar surface area (TPSA) is 50.7 Å². The number of nitrogens with one attached hydrogen (secondary N) is 1. The maximum Gasteiger partial charge on any atom is 0.163 e. The number of hydrogen-bond donors (Lipinski definition) is 1. The van der Waals surface area contributed by atoms with Crippen molar-refractivity contribution in [2.24, 2.45) is 0 Å². The standard InChI is InChI=1S/C25H26N4S/c1-17-6-4-7-18(16-17)8-5-13-27-24-22-20-9-2-3-10-21(20)30-25(22)29-23(28-24)19-11-14-26-15-12-19/h4,6-7,11-12,14-16H,2-3,5,8-10,13H2,1H3,(H,27,28,29). The minimum Gasteiger partial charge on any atom is -0.369 e. The fraction of sp³-hybridized carbons (Fsp3) is 0.320. The van der Waals surface area contributed by atoms with E-state index in [1.54, 1.807) is 12.4 Å². The molecular formula is C25H26N4S. The number of anilines is 1. The molecule has 4 aromatic rings. The van der Waals surface area contributed by atoms with E-state index in [9.17, 15) is 0 Å². The number of hydrogen-bond acceptors (Lipinski definition) is 5. The Morgan fingerprint density at radius 1 is 1.03 bits per heavy atom. The lowest BCUT2D eigenvalue weighted by atomic mass is 9.97. The molecule has 4 nitrogen and oxygen atoms in total. The first-order chi connectivity index (χ1) is 14.8. The summed E-state index contributed by atoms with van der Waals surface area (Å²) in [5.74, 6) is 1.78. The number of benzene rings is 1. The Balaban J connectivity index is 1.43. The summed E-state index contributed by atoms with van der Waals surface area (Å²) in [6, 6.07) is 12.8. The van der Waals surface area contributed by atoms with Crippen LogP contribution in [0.3, 0.4) is 0 Å². The molecule has 30 heavy (non-hydrogen) atoms. The van der Waals surface area contributed by atoms with Gasteiger partial charge in [0, 0.05) is 29.4 Å². The Hall–Kier alpha value is -2.79. The van der Waals surface area contributed by atoms with Crippen molar-refractivity contribution in [2.75, 3.05) is 11.9 Å². The maximum absolute atomic E-state index is 4.97. The second-order valence-electron chi connectivity index (χ2n) is 8.04. The van der Waals surface area contributed by atoms with Gasteiger partial charge in [-0.1, -0.05) is 29.8 Å². The maximum atomic E-state index is 4.97. The van der Waals surface area contributed by atoms with Gasteiger partial charge < -0.3 is 5.32 Å². The minimum atomic E-state index is 0.782. The van der Waals surface area contributed by atoms with Crippen LogP contribution >= 0.6 is 11.3 Å². The minimum absolute atomic E-state index is 0.782. The highest BCUT2D eigenvalue weighted by atomic mass is 32.1. The zero-order valence-corrected chi connectivity index (χ0v) is 18.1. The third kappa shape index (κ3) is 3.94. The predicted molar refractivity (Wildman–Crippen MR) is 125 cm³/mol. The van der Waals surface area contributed by atoms with Crippen LogP contribution < -0.4 is 5.32 Å². The largest absolute Gasteiger partial charge is 0.369 e. The van der Waals surface area contributed by atoms with Crippen molar-refractivity contribution in [1.29, 1.82) is 0 Å². The van der Waals surface area contributed by atoms with Gasteiger partial charge in [-0.05, 0) is 68.7 Å². The Morgan fingerprint density at radius 2 is 1.90 bits per heavy atom. The van der Waals surface area contributed by atoms with Crippen LogP contribution in [0.5, 0.6) is 0 Å². The van der Waals surface area contributed by atoms with Gasteiger partial charge in [0.25, 0.3) is 0 Å². The molecule has 0 fully saturated rings. The van der Waals surface area contributed by atoms with Crippen molar-refractivity contribution < 1.29 is 0 Å². The Labute approximate surface area is 181 Å². The van der Waals surface area contributed by atoms with Crippen LogP contribution in [0.2, 0.25) is 0 Å². The molecule has 152 valence electrons. The molecule has 3 heterocycles. The van der Waals surface area contributed by atoms with Crippen molar-refractivity contribution in [2.45, 2.75) is 45.4 Å². The lowest BCUT2D eigenvalue weighted by molar-refractivity contribution is 0.700. The van der Waals surface area contributed by atoms with E-state index in [-0.39, 0.29) is 0 Å². The van der Waals surface area contributed by atoms with Gasteiger partial charge in [0.15, 0.2) is 5.82 Å². The molecule has 0 bridgehead atoms. The summed E-state index contributed by atoms with van der Waals surface area (Å²) < 4.78 is 0. The van der Waals surface area contributed by atoms with Crippen LogP contribution in [0.15, 0.2) is 48.8 Å². The average Bonchev–Trinajstić information content (AvgIpc) is 3.16. The zero-order valence-electron chi connectivity index (χ0n) is 17.3. The molecule has 5 heteroatoms. The molecule has 0 amide bonds. The summed E-state index contributed by atoms with van der Waals surface area (Å²) in [6.45, 7) is 3.06. The first-order valence-electron chi connectivity index (χ1n) is 10.8. The van der Waals surface area contributed by atoms with E-state index in [2.05, 4.69) is 41.5 Å². The first kappa shape index (κ1) is 19.2. The summed E-state index contributed by atoms with van der Waals surface area (Å²) in [6.07, 6.45) is 10.6. The molecule has 0 radical (unpaired) electrons. The Kier molecular flexibility index (Phi) is 5.45. The summed E-state index contributed by atoms with van der Waals surface area (Å²) >= 11 is 1.85. The molecule has 0 atom stereocenters. The fourth-order valence-electron chi connectivity index (χ4n) is 4.28. The smallest absolute Gasteiger partial charge is 0.163 e. The summed E-state index contributed by atoms with van der Waals surface area (Å²) in [5.41, 5.74) is 5.21. The highest BCUT2D eigenvalue weighted by Gasteiger charge is 2.21. The molecule has 0 spiro atoms. The molecular weight excluding hydrogens is 388 g/mol. The number of nitrogens with zero attached hydrogens (tertiary/aromatic N) is 3. The van der Waals surface area contributed by atoms with E-state index in [4.69, 9.17) is 9.97 Å². The van der Waals surface area contributed by atoms with Crippen LogP contribution in [-0.2, 0) is 19.3 Å². The van der Waals surface area contributed by atoms with Crippen molar-refractivity contribution in [1.82, 2.24) is 15.0 Å². The van der Waals surface area contributed by atoms with Gasteiger partial charge >= 0.3 is 0 Å². The van der Waals surface area contributed by atoms with Gasteiger partial charge in [-0.25, -0.2) is 9.97 Å². The average molecular weight is 415 g/mol. The zero-order chi connectivity index (χ0) is 20.3. The van der Waals surface area contributed by atoms with E-state index in [0.29, 0.717) is 0 Å².